The van der Waals surface area contributed by atoms with Crippen molar-refractivity contribution in [2.75, 3.05) is 11.4 Å². The third-order valence-electron chi connectivity index (χ3n) is 3.47. The Morgan fingerprint density at radius 2 is 1.75 bits per heavy atom. The second kappa shape index (κ2) is 4.83. The molecule has 0 bridgehead atoms. The first-order valence-electron chi connectivity index (χ1n) is 6.25. The highest BCUT2D eigenvalue weighted by atomic mass is 19.1. The Kier molecular flexibility index (Phi) is 3.14. The molecule has 0 unspecified atom stereocenters. The molecule has 5 heteroatoms. The van der Waals surface area contributed by atoms with E-state index in [4.69, 9.17) is 5.11 Å². The third kappa shape index (κ3) is 2.04. The van der Waals surface area contributed by atoms with Gasteiger partial charge in [-0.05, 0) is 41.8 Å². The van der Waals surface area contributed by atoms with Crippen LogP contribution in [0.5, 0.6) is 0 Å². The summed E-state index contributed by atoms with van der Waals surface area (Å²) >= 11 is 0. The van der Waals surface area contributed by atoms with Crippen molar-refractivity contribution < 1.29 is 18.3 Å². The van der Waals surface area contributed by atoms with Crippen LogP contribution in [0.15, 0.2) is 30.3 Å². The maximum absolute atomic E-state index is 14.1. The number of fused-ring (bicyclic) bond motifs is 1. The van der Waals surface area contributed by atoms with Crippen LogP contribution in [0, 0.1) is 17.5 Å². The summed E-state index contributed by atoms with van der Waals surface area (Å²) in [7, 11) is 0. The van der Waals surface area contributed by atoms with Gasteiger partial charge in [0, 0.05) is 12.2 Å². The fourth-order valence-corrected chi connectivity index (χ4v) is 2.55. The van der Waals surface area contributed by atoms with Crippen LogP contribution in [0.3, 0.4) is 0 Å². The molecule has 0 atom stereocenters. The highest BCUT2D eigenvalue weighted by Crippen LogP contribution is 2.38. The van der Waals surface area contributed by atoms with Crippen LogP contribution in [0.2, 0.25) is 0 Å². The first-order valence-corrected chi connectivity index (χ1v) is 6.25. The van der Waals surface area contributed by atoms with E-state index in [2.05, 4.69) is 0 Å². The molecule has 0 radical (unpaired) electrons. The summed E-state index contributed by atoms with van der Waals surface area (Å²) in [6.07, 6.45) is 0.607. The molecule has 0 aromatic heterocycles. The first-order chi connectivity index (χ1) is 9.60. The lowest BCUT2D eigenvalue weighted by atomic mass is 10.1. The Morgan fingerprint density at radius 1 is 1.05 bits per heavy atom. The van der Waals surface area contributed by atoms with Crippen molar-refractivity contribution in [3.8, 4) is 0 Å². The van der Waals surface area contributed by atoms with Gasteiger partial charge in [-0.25, -0.2) is 13.2 Å². The lowest BCUT2D eigenvalue weighted by Gasteiger charge is -2.21. The molecule has 20 heavy (non-hydrogen) atoms. The van der Waals surface area contributed by atoms with E-state index in [1.807, 2.05) is 0 Å². The molecule has 0 aliphatic carbocycles. The molecule has 2 aromatic carbocycles. The average molecular weight is 279 g/mol. The summed E-state index contributed by atoms with van der Waals surface area (Å²) in [6.45, 7) is -0.0373. The second-order valence-corrected chi connectivity index (χ2v) is 4.74. The number of hydrogen-bond acceptors (Lipinski definition) is 2. The lowest BCUT2D eigenvalue weighted by molar-refractivity contribution is 0.280. The van der Waals surface area contributed by atoms with Crippen LogP contribution in [-0.4, -0.2) is 11.7 Å². The van der Waals surface area contributed by atoms with Gasteiger partial charge in [0.25, 0.3) is 0 Å². The number of nitrogens with zero attached hydrogens (tertiary/aromatic N) is 1. The monoisotopic (exact) mass is 279 g/mol. The Bertz CT molecular complexity index is 649. The SMILES string of the molecule is OCc1cc(F)c(N2CCc3ccc(F)cc32)c(F)c1. The summed E-state index contributed by atoms with van der Waals surface area (Å²) in [5.74, 6) is -1.96. The van der Waals surface area contributed by atoms with Gasteiger partial charge in [0.05, 0.1) is 6.61 Å². The molecule has 0 saturated carbocycles. The van der Waals surface area contributed by atoms with Gasteiger partial charge in [-0.1, -0.05) is 6.07 Å². The predicted molar refractivity (Wildman–Crippen MR) is 69.4 cm³/mol. The zero-order valence-electron chi connectivity index (χ0n) is 10.5. The molecular formula is C15H12F3NO. The molecule has 1 heterocycles. The topological polar surface area (TPSA) is 23.5 Å². The normalized spacial score (nSPS) is 13.7. The number of benzene rings is 2. The minimum absolute atomic E-state index is 0.169. The number of aliphatic hydroxyl groups excluding tert-OH is 1. The number of aliphatic hydroxyl groups is 1. The van der Waals surface area contributed by atoms with E-state index in [1.165, 1.54) is 17.0 Å². The van der Waals surface area contributed by atoms with E-state index in [0.717, 1.165) is 17.7 Å². The van der Waals surface area contributed by atoms with Crippen LogP contribution in [0.4, 0.5) is 24.5 Å². The van der Waals surface area contributed by atoms with Crippen LogP contribution in [0.25, 0.3) is 0 Å². The summed E-state index contributed by atoms with van der Waals surface area (Å²) in [5, 5.41) is 8.94. The second-order valence-electron chi connectivity index (χ2n) is 4.74. The predicted octanol–water partition coefficient (Wildman–Crippen LogP) is 3.29. The highest BCUT2D eigenvalue weighted by Gasteiger charge is 2.26. The Hall–Kier alpha value is -2.01. The quantitative estimate of drug-likeness (QED) is 0.911. The number of anilines is 2. The Labute approximate surface area is 114 Å². The van der Waals surface area contributed by atoms with E-state index >= 15 is 0 Å². The van der Waals surface area contributed by atoms with Gasteiger partial charge >= 0.3 is 0 Å². The van der Waals surface area contributed by atoms with Crippen molar-refractivity contribution >= 4 is 11.4 Å². The summed E-state index contributed by atoms with van der Waals surface area (Å²) in [6, 6.07) is 6.43. The van der Waals surface area contributed by atoms with Crippen molar-refractivity contribution in [1.29, 1.82) is 0 Å². The van der Waals surface area contributed by atoms with Crippen LogP contribution in [0.1, 0.15) is 11.1 Å². The first kappa shape index (κ1) is 13.0. The molecular weight excluding hydrogens is 267 g/mol. The van der Waals surface area contributed by atoms with E-state index < -0.39 is 24.1 Å². The minimum atomic E-state index is -0.758. The number of hydrogen-bond donors (Lipinski definition) is 1. The fraction of sp³-hybridized carbons (Fsp3) is 0.200. The van der Waals surface area contributed by atoms with E-state index in [1.54, 1.807) is 6.07 Å². The zero-order valence-corrected chi connectivity index (χ0v) is 10.5. The van der Waals surface area contributed by atoms with Crippen molar-refractivity contribution in [2.45, 2.75) is 13.0 Å². The summed E-state index contributed by atoms with van der Waals surface area (Å²) in [5.41, 5.74) is 1.31. The van der Waals surface area contributed by atoms with Crippen molar-refractivity contribution in [3.05, 3.63) is 58.9 Å². The van der Waals surface area contributed by atoms with E-state index in [0.29, 0.717) is 18.7 Å². The van der Waals surface area contributed by atoms with E-state index in [9.17, 15) is 13.2 Å². The van der Waals surface area contributed by atoms with Gasteiger partial charge in [-0.2, -0.15) is 0 Å². The van der Waals surface area contributed by atoms with Gasteiger partial charge in [0.15, 0.2) is 0 Å². The molecule has 0 amide bonds. The van der Waals surface area contributed by atoms with Gasteiger partial charge < -0.3 is 10.0 Å². The van der Waals surface area contributed by atoms with Gasteiger partial charge in [0.1, 0.15) is 23.1 Å². The van der Waals surface area contributed by atoms with Gasteiger partial charge in [0.2, 0.25) is 0 Å². The molecule has 0 fully saturated rings. The average Bonchev–Trinajstić information content (AvgIpc) is 2.81. The summed E-state index contributed by atoms with van der Waals surface area (Å²) < 4.78 is 41.4. The third-order valence-corrected chi connectivity index (χ3v) is 3.47. The molecule has 1 aliphatic rings. The number of halogens is 3. The lowest BCUT2D eigenvalue weighted by Crippen LogP contribution is -2.17. The molecule has 3 rings (SSSR count). The minimum Gasteiger partial charge on any atom is -0.392 e. The van der Waals surface area contributed by atoms with Crippen molar-refractivity contribution in [2.24, 2.45) is 0 Å². The molecule has 104 valence electrons. The van der Waals surface area contributed by atoms with Crippen LogP contribution in [-0.2, 0) is 13.0 Å². The molecule has 2 nitrogen and oxygen atoms in total. The maximum Gasteiger partial charge on any atom is 0.150 e. The van der Waals surface area contributed by atoms with Crippen LogP contribution < -0.4 is 4.90 Å². The Morgan fingerprint density at radius 3 is 2.40 bits per heavy atom. The van der Waals surface area contributed by atoms with Crippen molar-refractivity contribution in [3.63, 3.8) is 0 Å². The molecule has 0 saturated heterocycles. The summed E-state index contributed by atoms with van der Waals surface area (Å²) in [4.78, 5) is 1.43. The van der Waals surface area contributed by atoms with Crippen LogP contribution >= 0.6 is 0 Å². The largest absolute Gasteiger partial charge is 0.392 e. The molecule has 1 aliphatic heterocycles. The smallest absolute Gasteiger partial charge is 0.150 e. The maximum atomic E-state index is 14.1. The molecule has 1 N–H and O–H groups in total. The standard InChI is InChI=1S/C15H12F3NO/c16-11-2-1-10-3-4-19(14(10)7-11)15-12(17)5-9(8-20)6-13(15)18/h1-2,5-7,20H,3-4,8H2. The van der Waals surface area contributed by atoms with Gasteiger partial charge in [-0.15, -0.1) is 0 Å². The molecule has 0 spiro atoms. The number of rotatable bonds is 2. The van der Waals surface area contributed by atoms with E-state index in [-0.39, 0.29) is 11.3 Å². The Balaban J connectivity index is 2.11. The highest BCUT2D eigenvalue weighted by molar-refractivity contribution is 5.70. The van der Waals surface area contributed by atoms with Gasteiger partial charge in [-0.3, -0.25) is 0 Å². The fourth-order valence-electron chi connectivity index (χ4n) is 2.55. The van der Waals surface area contributed by atoms with Crippen molar-refractivity contribution in [1.82, 2.24) is 0 Å². The zero-order chi connectivity index (χ0) is 14.3. The molecule has 2 aromatic rings.